The van der Waals surface area contributed by atoms with Crippen molar-refractivity contribution in [3.63, 3.8) is 0 Å². The Balaban J connectivity index is 1.65. The Morgan fingerprint density at radius 1 is 1.10 bits per heavy atom. The fourth-order valence-corrected chi connectivity index (χ4v) is 6.37. The van der Waals surface area contributed by atoms with Crippen molar-refractivity contribution in [2.24, 2.45) is 0 Å². The normalized spacial score (nSPS) is 20.7. The van der Waals surface area contributed by atoms with Crippen LogP contribution in [0.2, 0.25) is 0 Å². The van der Waals surface area contributed by atoms with Crippen LogP contribution >= 0.6 is 0 Å². The number of oxazole rings is 1. The van der Waals surface area contributed by atoms with E-state index < -0.39 is 21.3 Å². The second kappa shape index (κ2) is 7.89. The molecule has 0 bridgehead atoms. The molecule has 2 fully saturated rings. The summed E-state index contributed by atoms with van der Waals surface area (Å²) >= 11 is 0. The molecule has 29 heavy (non-hydrogen) atoms. The maximum absolute atomic E-state index is 13.3. The topological polar surface area (TPSA) is 84.5 Å². The molecule has 2 heterocycles. The van der Waals surface area contributed by atoms with Crippen molar-refractivity contribution in [1.29, 1.82) is 0 Å². The van der Waals surface area contributed by atoms with E-state index in [1.54, 1.807) is 12.1 Å². The van der Waals surface area contributed by atoms with Crippen LogP contribution in [0, 0.1) is 0 Å². The fourth-order valence-electron chi connectivity index (χ4n) is 4.91. The summed E-state index contributed by atoms with van der Waals surface area (Å²) in [5, 5.41) is 0. The van der Waals surface area contributed by atoms with Crippen molar-refractivity contribution in [1.82, 2.24) is 14.2 Å². The molecular formula is C21H31N3O4S. The third-order valence-electron chi connectivity index (χ3n) is 6.30. The summed E-state index contributed by atoms with van der Waals surface area (Å²) in [6.07, 6.45) is 7.34. The first kappa shape index (κ1) is 20.6. The molecule has 2 aliphatic rings. The lowest BCUT2D eigenvalue weighted by Gasteiger charge is -2.40. The van der Waals surface area contributed by atoms with E-state index >= 15 is 0 Å². The number of likely N-dealkylation sites (tertiary alicyclic amines) is 1. The van der Waals surface area contributed by atoms with E-state index in [0.29, 0.717) is 11.1 Å². The van der Waals surface area contributed by atoms with Crippen molar-refractivity contribution in [3.05, 3.63) is 28.7 Å². The summed E-state index contributed by atoms with van der Waals surface area (Å²) in [5.41, 5.74) is 0.512. The van der Waals surface area contributed by atoms with Crippen LogP contribution in [-0.2, 0) is 10.0 Å². The molecule has 1 aromatic carbocycles. The highest BCUT2D eigenvalue weighted by Crippen LogP contribution is 2.32. The second-order valence-corrected chi connectivity index (χ2v) is 10.6. The van der Waals surface area contributed by atoms with Crippen molar-refractivity contribution in [2.45, 2.75) is 75.3 Å². The number of rotatable bonds is 6. The molecule has 0 amide bonds. The molecule has 0 atom stereocenters. The molecule has 1 saturated carbocycles. The van der Waals surface area contributed by atoms with Gasteiger partial charge in [-0.1, -0.05) is 19.3 Å². The second-order valence-electron chi connectivity index (χ2n) is 8.89. The average molecular weight is 422 g/mol. The molecule has 1 saturated heterocycles. The summed E-state index contributed by atoms with van der Waals surface area (Å²) in [6.45, 7) is 6.65. The smallest absolute Gasteiger partial charge is 0.408 e. The standard InChI is InChI=1S/C21H31N3O4S/c1-16(2)24-18-9-8-17(14-19(18)28-20(24)25)29(26,27)22-21(10-4-3-5-11-21)15-23-12-6-7-13-23/h8-9,14,16,22H,3-7,10-13,15H2,1-2H3. The van der Waals surface area contributed by atoms with E-state index in [0.717, 1.165) is 51.7 Å². The van der Waals surface area contributed by atoms with Gasteiger partial charge in [-0.05, 0) is 64.8 Å². The monoisotopic (exact) mass is 421 g/mol. The van der Waals surface area contributed by atoms with E-state index in [-0.39, 0.29) is 10.9 Å². The minimum Gasteiger partial charge on any atom is -0.408 e. The molecular weight excluding hydrogens is 390 g/mol. The zero-order valence-electron chi connectivity index (χ0n) is 17.3. The minimum atomic E-state index is -3.72. The van der Waals surface area contributed by atoms with Crippen LogP contribution in [0.5, 0.6) is 0 Å². The van der Waals surface area contributed by atoms with Gasteiger partial charge in [0.1, 0.15) is 0 Å². The predicted octanol–water partition coefficient (Wildman–Crippen LogP) is 3.25. The van der Waals surface area contributed by atoms with Gasteiger partial charge in [-0.15, -0.1) is 0 Å². The van der Waals surface area contributed by atoms with Gasteiger partial charge in [-0.2, -0.15) is 0 Å². The highest BCUT2D eigenvalue weighted by atomic mass is 32.2. The van der Waals surface area contributed by atoms with Gasteiger partial charge in [0.15, 0.2) is 5.58 Å². The number of benzene rings is 1. The lowest BCUT2D eigenvalue weighted by molar-refractivity contribution is 0.181. The number of hydrogen-bond donors (Lipinski definition) is 1. The first-order valence-corrected chi connectivity index (χ1v) is 12.2. The summed E-state index contributed by atoms with van der Waals surface area (Å²) < 4.78 is 36.5. The largest absolute Gasteiger partial charge is 0.420 e. The number of hydrogen-bond acceptors (Lipinski definition) is 5. The molecule has 1 aliphatic carbocycles. The van der Waals surface area contributed by atoms with Gasteiger partial charge in [-0.3, -0.25) is 4.57 Å². The summed E-state index contributed by atoms with van der Waals surface area (Å²) in [7, 11) is -3.72. The lowest BCUT2D eigenvalue weighted by atomic mass is 9.82. The molecule has 1 aliphatic heterocycles. The van der Waals surface area contributed by atoms with E-state index in [4.69, 9.17) is 4.42 Å². The Morgan fingerprint density at radius 3 is 2.45 bits per heavy atom. The summed E-state index contributed by atoms with van der Waals surface area (Å²) in [6, 6.07) is 4.66. The van der Waals surface area contributed by atoms with Crippen LogP contribution in [0.1, 0.15) is 64.8 Å². The lowest BCUT2D eigenvalue weighted by Crippen LogP contribution is -2.56. The number of aromatic nitrogens is 1. The SMILES string of the molecule is CC(C)n1c(=O)oc2cc(S(=O)(=O)NC3(CN4CCCC4)CCCCC3)ccc21. The van der Waals surface area contributed by atoms with Crippen molar-refractivity contribution < 1.29 is 12.8 Å². The highest BCUT2D eigenvalue weighted by Gasteiger charge is 2.38. The molecule has 8 heteroatoms. The van der Waals surface area contributed by atoms with Gasteiger partial charge in [-0.25, -0.2) is 17.9 Å². The zero-order chi connectivity index (χ0) is 20.6. The molecule has 2 aromatic rings. The molecule has 0 unspecified atom stereocenters. The molecule has 1 aromatic heterocycles. The van der Waals surface area contributed by atoms with Crippen LogP contribution in [0.15, 0.2) is 32.3 Å². The maximum Gasteiger partial charge on any atom is 0.420 e. The molecule has 0 radical (unpaired) electrons. The number of nitrogens with one attached hydrogen (secondary N) is 1. The molecule has 1 N–H and O–H groups in total. The maximum atomic E-state index is 13.3. The van der Waals surface area contributed by atoms with E-state index in [1.165, 1.54) is 23.5 Å². The number of fused-ring (bicyclic) bond motifs is 1. The molecule has 160 valence electrons. The first-order chi connectivity index (χ1) is 13.8. The van der Waals surface area contributed by atoms with Gasteiger partial charge >= 0.3 is 5.76 Å². The van der Waals surface area contributed by atoms with Gasteiger partial charge in [0.25, 0.3) is 0 Å². The van der Waals surface area contributed by atoms with Gasteiger partial charge < -0.3 is 9.32 Å². The molecule has 4 rings (SSSR count). The predicted molar refractivity (Wildman–Crippen MR) is 113 cm³/mol. The summed E-state index contributed by atoms with van der Waals surface area (Å²) in [4.78, 5) is 14.7. The van der Waals surface area contributed by atoms with E-state index in [9.17, 15) is 13.2 Å². The third kappa shape index (κ3) is 4.15. The Kier molecular flexibility index (Phi) is 5.61. The Morgan fingerprint density at radius 2 is 1.79 bits per heavy atom. The van der Waals surface area contributed by atoms with Gasteiger partial charge in [0.05, 0.1) is 10.4 Å². The van der Waals surface area contributed by atoms with Crippen molar-refractivity contribution in [2.75, 3.05) is 19.6 Å². The number of nitrogens with zero attached hydrogens (tertiary/aromatic N) is 2. The van der Waals surface area contributed by atoms with Gasteiger partial charge in [0, 0.05) is 24.2 Å². The summed E-state index contributed by atoms with van der Waals surface area (Å²) in [5.74, 6) is -0.463. The van der Waals surface area contributed by atoms with Gasteiger partial charge in [0.2, 0.25) is 10.0 Å². The van der Waals surface area contributed by atoms with E-state index in [2.05, 4.69) is 9.62 Å². The van der Waals surface area contributed by atoms with Crippen LogP contribution in [-0.4, -0.2) is 43.1 Å². The molecule has 7 nitrogen and oxygen atoms in total. The zero-order valence-corrected chi connectivity index (χ0v) is 18.1. The Hall–Kier alpha value is -1.64. The van der Waals surface area contributed by atoms with Crippen molar-refractivity contribution >= 4 is 21.1 Å². The Labute approximate surface area is 172 Å². The van der Waals surface area contributed by atoms with Crippen LogP contribution in [0.4, 0.5) is 0 Å². The van der Waals surface area contributed by atoms with E-state index in [1.807, 2.05) is 13.8 Å². The van der Waals surface area contributed by atoms with Crippen LogP contribution in [0.3, 0.4) is 0 Å². The van der Waals surface area contributed by atoms with Crippen LogP contribution in [0.25, 0.3) is 11.1 Å². The highest BCUT2D eigenvalue weighted by molar-refractivity contribution is 7.89. The fraction of sp³-hybridized carbons (Fsp3) is 0.667. The minimum absolute atomic E-state index is 0.0599. The third-order valence-corrected chi connectivity index (χ3v) is 7.87. The quantitative estimate of drug-likeness (QED) is 0.774. The van der Waals surface area contributed by atoms with Crippen LogP contribution < -0.4 is 10.5 Å². The van der Waals surface area contributed by atoms with Crippen molar-refractivity contribution in [3.8, 4) is 0 Å². The average Bonchev–Trinajstić information content (AvgIpc) is 3.27. The number of sulfonamides is 1. The molecule has 0 spiro atoms. The Bertz CT molecular complexity index is 1030. The first-order valence-electron chi connectivity index (χ1n) is 10.7.